The Morgan fingerprint density at radius 3 is 2.65 bits per heavy atom. The van der Waals surface area contributed by atoms with Gasteiger partial charge in [-0.15, -0.1) is 0 Å². The fourth-order valence-electron chi connectivity index (χ4n) is 3.31. The first kappa shape index (κ1) is 23.1. The third kappa shape index (κ3) is 5.99. The van der Waals surface area contributed by atoms with Crippen LogP contribution in [0.15, 0.2) is 57.6 Å². The second-order valence-electron chi connectivity index (χ2n) is 7.60. The minimum absolute atomic E-state index is 0.135. The molecule has 1 heterocycles. The molecule has 5 nitrogen and oxygen atoms in total. The summed E-state index contributed by atoms with van der Waals surface area (Å²) in [5.41, 5.74) is 4.46. The van der Waals surface area contributed by atoms with Crippen LogP contribution >= 0.6 is 15.9 Å². The third-order valence-corrected chi connectivity index (χ3v) is 5.42. The van der Waals surface area contributed by atoms with E-state index >= 15 is 0 Å². The quantitative estimate of drug-likeness (QED) is 0.289. The van der Waals surface area contributed by atoms with E-state index in [0.717, 1.165) is 44.1 Å². The number of carbonyl (C=O) groups is 1. The van der Waals surface area contributed by atoms with Gasteiger partial charge in [-0.05, 0) is 56.5 Å². The van der Waals surface area contributed by atoms with E-state index < -0.39 is 0 Å². The smallest absolute Gasteiger partial charge is 0.244 e. The molecule has 0 saturated heterocycles. The van der Waals surface area contributed by atoms with Crippen LogP contribution in [-0.2, 0) is 9.53 Å². The number of furan rings is 1. The normalized spacial score (nSPS) is 11.9. The number of benzene rings is 2. The number of rotatable bonds is 9. The Morgan fingerprint density at radius 1 is 1.23 bits per heavy atom. The summed E-state index contributed by atoms with van der Waals surface area (Å²) in [6.07, 6.45) is 4.33. The molecule has 0 bridgehead atoms. The highest BCUT2D eigenvalue weighted by molar-refractivity contribution is 9.10. The number of hydrogen-bond donors (Lipinski definition) is 1. The molecule has 0 saturated carbocycles. The van der Waals surface area contributed by atoms with E-state index in [2.05, 4.69) is 21.2 Å². The zero-order chi connectivity index (χ0) is 22.4. The summed E-state index contributed by atoms with van der Waals surface area (Å²) < 4.78 is 17.9. The fraction of sp³-hybridized carbons (Fsp3) is 0.320. The van der Waals surface area contributed by atoms with Crippen LogP contribution in [0.5, 0.6) is 5.75 Å². The van der Waals surface area contributed by atoms with Crippen molar-refractivity contribution >= 4 is 38.4 Å². The van der Waals surface area contributed by atoms with Crippen molar-refractivity contribution in [1.82, 2.24) is 5.32 Å². The maximum absolute atomic E-state index is 12.4. The number of halogens is 1. The molecule has 0 aliphatic rings. The van der Waals surface area contributed by atoms with E-state index in [1.807, 2.05) is 57.2 Å². The Kier molecular flexibility index (Phi) is 7.93. The van der Waals surface area contributed by atoms with Crippen LogP contribution < -0.4 is 10.1 Å². The zero-order valence-electron chi connectivity index (χ0n) is 18.3. The molecule has 3 rings (SSSR count). The number of carbonyl (C=O) groups excluding carboxylic acids is 1. The predicted octanol–water partition coefficient (Wildman–Crippen LogP) is 6.21. The van der Waals surface area contributed by atoms with E-state index in [0.29, 0.717) is 18.9 Å². The van der Waals surface area contributed by atoms with Gasteiger partial charge in [0.1, 0.15) is 11.3 Å². The number of hydrogen-bond acceptors (Lipinski definition) is 4. The van der Waals surface area contributed by atoms with Gasteiger partial charge in [0.25, 0.3) is 0 Å². The first-order chi connectivity index (χ1) is 14.9. The molecule has 0 spiro atoms. The maximum atomic E-state index is 12.4. The molecule has 1 N–H and O–H groups in total. The number of methoxy groups -OCH3 is 1. The lowest BCUT2D eigenvalue weighted by molar-refractivity contribution is -0.116. The van der Waals surface area contributed by atoms with Gasteiger partial charge in [0, 0.05) is 46.3 Å². The van der Waals surface area contributed by atoms with Crippen LogP contribution in [0, 0.1) is 0 Å². The molecular weight excluding hydrogens is 458 g/mol. The molecule has 1 aromatic heterocycles. The topological polar surface area (TPSA) is 60.7 Å². The van der Waals surface area contributed by atoms with E-state index in [1.165, 1.54) is 0 Å². The van der Waals surface area contributed by atoms with Gasteiger partial charge in [-0.3, -0.25) is 4.79 Å². The third-order valence-electron chi connectivity index (χ3n) is 4.89. The summed E-state index contributed by atoms with van der Waals surface area (Å²) in [6.45, 7) is 7.10. The molecule has 0 radical (unpaired) electrons. The molecule has 6 heteroatoms. The van der Waals surface area contributed by atoms with Gasteiger partial charge in [-0.1, -0.05) is 28.1 Å². The minimum Gasteiger partial charge on any atom is -0.496 e. The van der Waals surface area contributed by atoms with Crippen LogP contribution in [0.25, 0.3) is 27.7 Å². The van der Waals surface area contributed by atoms with Crippen molar-refractivity contribution < 1.29 is 18.7 Å². The van der Waals surface area contributed by atoms with Crippen LogP contribution in [0.3, 0.4) is 0 Å². The second-order valence-corrected chi connectivity index (χ2v) is 8.51. The Balaban J connectivity index is 1.82. The molecular formula is C25H28BrNO4. The first-order valence-corrected chi connectivity index (χ1v) is 11.1. The Bertz CT molecular complexity index is 1070. The summed E-state index contributed by atoms with van der Waals surface area (Å²) in [7, 11) is 1.62. The van der Waals surface area contributed by atoms with Crippen molar-refractivity contribution in [2.24, 2.45) is 0 Å². The summed E-state index contributed by atoms with van der Waals surface area (Å²) >= 11 is 3.47. The van der Waals surface area contributed by atoms with Gasteiger partial charge in [0.15, 0.2) is 0 Å². The Hall–Kier alpha value is -2.57. The average Bonchev–Trinajstić information content (AvgIpc) is 3.15. The van der Waals surface area contributed by atoms with E-state index in [1.54, 1.807) is 19.4 Å². The van der Waals surface area contributed by atoms with Gasteiger partial charge >= 0.3 is 0 Å². The van der Waals surface area contributed by atoms with Crippen LogP contribution in [-0.4, -0.2) is 32.3 Å². The molecule has 1 amide bonds. The maximum Gasteiger partial charge on any atom is 0.244 e. The Morgan fingerprint density at radius 2 is 1.97 bits per heavy atom. The van der Waals surface area contributed by atoms with Gasteiger partial charge in [-0.25, -0.2) is 0 Å². The highest BCUT2D eigenvalue weighted by atomic mass is 79.9. The van der Waals surface area contributed by atoms with Gasteiger partial charge < -0.3 is 19.2 Å². The SMILES string of the molecule is COc1cc2occ(-c3ccc(Br)cc3)c2cc1/C(C)=C/C(=O)NCCCOC(C)C. The number of ether oxygens (including phenoxy) is 2. The number of allylic oxidation sites excluding steroid dienone is 1. The summed E-state index contributed by atoms with van der Waals surface area (Å²) in [5.74, 6) is 0.528. The second kappa shape index (κ2) is 10.6. The standard InChI is InChI=1S/C25H28BrNO4/c1-16(2)30-11-5-10-27-25(28)12-17(3)20-13-21-22(18-6-8-19(26)9-7-18)15-31-24(21)14-23(20)29-4/h6-9,12-16H,5,10-11H2,1-4H3,(H,27,28)/b17-12+. The van der Waals surface area contributed by atoms with Crippen molar-refractivity contribution in [2.75, 3.05) is 20.3 Å². The lowest BCUT2D eigenvalue weighted by Gasteiger charge is -2.10. The van der Waals surface area contributed by atoms with Crippen molar-refractivity contribution in [1.29, 1.82) is 0 Å². The molecule has 0 atom stereocenters. The number of fused-ring (bicyclic) bond motifs is 1. The average molecular weight is 486 g/mol. The van der Waals surface area contributed by atoms with Crippen molar-refractivity contribution in [3.05, 3.63) is 58.8 Å². The van der Waals surface area contributed by atoms with Crippen LogP contribution in [0.4, 0.5) is 0 Å². The van der Waals surface area contributed by atoms with Crippen molar-refractivity contribution in [2.45, 2.75) is 33.3 Å². The van der Waals surface area contributed by atoms with Gasteiger partial charge in [-0.2, -0.15) is 0 Å². The van der Waals surface area contributed by atoms with Crippen molar-refractivity contribution in [3.8, 4) is 16.9 Å². The summed E-state index contributed by atoms with van der Waals surface area (Å²) in [4.78, 5) is 12.4. The lowest BCUT2D eigenvalue weighted by atomic mass is 9.99. The summed E-state index contributed by atoms with van der Waals surface area (Å²) in [6, 6.07) is 12.0. The molecule has 0 aliphatic carbocycles. The predicted molar refractivity (Wildman–Crippen MR) is 128 cm³/mol. The number of nitrogens with one attached hydrogen (secondary N) is 1. The van der Waals surface area contributed by atoms with Crippen LogP contribution in [0.1, 0.15) is 32.8 Å². The van der Waals surface area contributed by atoms with Crippen LogP contribution in [0.2, 0.25) is 0 Å². The van der Waals surface area contributed by atoms with Gasteiger partial charge in [0.05, 0.1) is 19.5 Å². The number of amides is 1. The highest BCUT2D eigenvalue weighted by Crippen LogP contribution is 2.37. The van der Waals surface area contributed by atoms with E-state index in [9.17, 15) is 4.79 Å². The molecule has 164 valence electrons. The molecule has 31 heavy (non-hydrogen) atoms. The fourth-order valence-corrected chi connectivity index (χ4v) is 3.58. The zero-order valence-corrected chi connectivity index (χ0v) is 19.9. The van der Waals surface area contributed by atoms with E-state index in [-0.39, 0.29) is 12.0 Å². The molecule has 2 aromatic carbocycles. The van der Waals surface area contributed by atoms with Crippen molar-refractivity contribution in [3.63, 3.8) is 0 Å². The monoisotopic (exact) mass is 485 g/mol. The summed E-state index contributed by atoms with van der Waals surface area (Å²) in [5, 5.41) is 3.88. The molecule has 0 fully saturated rings. The molecule has 0 aliphatic heterocycles. The van der Waals surface area contributed by atoms with Gasteiger partial charge in [0.2, 0.25) is 5.91 Å². The Labute approximate surface area is 191 Å². The van der Waals surface area contributed by atoms with E-state index in [4.69, 9.17) is 13.9 Å². The minimum atomic E-state index is -0.135. The highest BCUT2D eigenvalue weighted by Gasteiger charge is 2.15. The lowest BCUT2D eigenvalue weighted by Crippen LogP contribution is -2.23. The largest absolute Gasteiger partial charge is 0.496 e. The molecule has 3 aromatic rings. The molecule has 0 unspecified atom stereocenters. The first-order valence-electron chi connectivity index (χ1n) is 10.3.